The summed E-state index contributed by atoms with van der Waals surface area (Å²) >= 11 is 0. The van der Waals surface area contributed by atoms with Gasteiger partial charge in [0.15, 0.2) is 6.29 Å². The lowest BCUT2D eigenvalue weighted by molar-refractivity contribution is -0.163. The number of nitrogens with one attached hydrogen (secondary N) is 2. The Morgan fingerprint density at radius 1 is 0.978 bits per heavy atom. The Morgan fingerprint density at radius 3 is 2.48 bits per heavy atom. The molecule has 1 saturated heterocycles. The molecule has 3 aliphatic rings. The van der Waals surface area contributed by atoms with Gasteiger partial charge < -0.3 is 19.5 Å². The number of carbonyl (C=O) groups excluding carboxylic acids is 3. The molecule has 7 atom stereocenters. The number of esters is 2. The van der Waals surface area contributed by atoms with E-state index in [0.717, 1.165) is 68.2 Å². The van der Waals surface area contributed by atoms with E-state index in [1.54, 1.807) is 0 Å². The fourth-order valence-electron chi connectivity index (χ4n) is 7.23. The van der Waals surface area contributed by atoms with Crippen molar-refractivity contribution in [2.45, 2.75) is 90.6 Å². The number of amides is 2. The summed E-state index contributed by atoms with van der Waals surface area (Å²) in [4.78, 5) is 45.0. The van der Waals surface area contributed by atoms with E-state index in [1.807, 2.05) is 62.4 Å². The third-order valence-corrected chi connectivity index (χ3v) is 9.43. The number of allylic oxidation sites excluding steroid dienone is 1. The minimum absolute atomic E-state index is 0.0493. The van der Waals surface area contributed by atoms with Gasteiger partial charge in [0.2, 0.25) is 0 Å². The minimum atomic E-state index is -0.542. The maximum atomic E-state index is 12.7. The largest absolute Gasteiger partial charge is 0.393 e. The van der Waals surface area contributed by atoms with E-state index < -0.39 is 12.3 Å². The maximum Gasteiger partial charge on any atom is 0.320 e. The highest BCUT2D eigenvalue weighted by Gasteiger charge is 2.50. The first kappa shape index (κ1) is 33.5. The highest BCUT2D eigenvalue weighted by Crippen LogP contribution is 2.46. The van der Waals surface area contributed by atoms with Gasteiger partial charge in [0, 0.05) is 19.0 Å². The summed E-state index contributed by atoms with van der Waals surface area (Å²) in [6.45, 7) is 5.56. The van der Waals surface area contributed by atoms with Gasteiger partial charge >= 0.3 is 18.0 Å². The van der Waals surface area contributed by atoms with Crippen molar-refractivity contribution in [3.05, 3.63) is 65.6 Å². The monoisotopic (exact) mass is 630 g/mol. The summed E-state index contributed by atoms with van der Waals surface area (Å²) in [5.41, 5.74) is 2.63. The van der Waals surface area contributed by atoms with Crippen LogP contribution in [0.25, 0.3) is 12.2 Å². The smallest absolute Gasteiger partial charge is 0.320 e. The molecular formula is C36H46N4O6. The summed E-state index contributed by atoms with van der Waals surface area (Å²) in [6, 6.07) is 9.79. The Bertz CT molecular complexity index is 1410. The summed E-state index contributed by atoms with van der Waals surface area (Å²) in [7, 11) is 0. The summed E-state index contributed by atoms with van der Waals surface area (Å²) in [5, 5.41) is 5.56. The SMILES string of the molecule is CCNC(=O)Nc1ncnc(C)c1/C=C\CC1CC(CCC2CCCCC2C(=O)OC(C)=O)C2O[C@H](/C=C/c3ccccc3)OC12. The molecular weight excluding hydrogens is 584 g/mol. The second-order valence-electron chi connectivity index (χ2n) is 12.6. The Morgan fingerprint density at radius 2 is 1.72 bits per heavy atom. The number of hydrogen-bond donors (Lipinski definition) is 2. The topological polar surface area (TPSA) is 129 Å². The third kappa shape index (κ3) is 8.67. The molecule has 1 aromatic heterocycles. The van der Waals surface area contributed by atoms with Crippen molar-refractivity contribution in [1.29, 1.82) is 0 Å². The highest BCUT2D eigenvalue weighted by atomic mass is 16.7. The molecule has 2 aromatic rings. The molecule has 2 amide bonds. The van der Waals surface area contributed by atoms with Crippen LogP contribution in [0, 0.1) is 30.6 Å². The number of rotatable bonds is 11. The molecule has 10 heteroatoms. The van der Waals surface area contributed by atoms with Gasteiger partial charge in [-0.05, 0) is 81.8 Å². The molecule has 10 nitrogen and oxygen atoms in total. The number of aryl methyl sites for hydroxylation is 1. The van der Waals surface area contributed by atoms with Crippen LogP contribution in [0.5, 0.6) is 0 Å². The van der Waals surface area contributed by atoms with Crippen molar-refractivity contribution in [3.63, 3.8) is 0 Å². The van der Waals surface area contributed by atoms with Gasteiger partial charge in [-0.25, -0.2) is 14.8 Å². The number of ether oxygens (including phenoxy) is 3. The zero-order valence-corrected chi connectivity index (χ0v) is 27.0. The number of urea groups is 1. The molecule has 2 heterocycles. The molecule has 2 saturated carbocycles. The van der Waals surface area contributed by atoms with E-state index in [1.165, 1.54) is 13.3 Å². The molecule has 246 valence electrons. The Balaban J connectivity index is 1.28. The van der Waals surface area contributed by atoms with E-state index in [0.29, 0.717) is 12.4 Å². The van der Waals surface area contributed by atoms with Crippen LogP contribution in [0.1, 0.15) is 82.0 Å². The Hall–Kier alpha value is -3.89. The molecule has 0 bridgehead atoms. The highest BCUT2D eigenvalue weighted by molar-refractivity contribution is 5.90. The zero-order chi connectivity index (χ0) is 32.5. The second-order valence-corrected chi connectivity index (χ2v) is 12.6. The minimum Gasteiger partial charge on any atom is -0.393 e. The van der Waals surface area contributed by atoms with Crippen LogP contribution in [-0.2, 0) is 23.8 Å². The number of benzene rings is 1. The number of carbonyl (C=O) groups is 3. The van der Waals surface area contributed by atoms with Gasteiger partial charge in [-0.1, -0.05) is 61.4 Å². The van der Waals surface area contributed by atoms with Gasteiger partial charge in [-0.3, -0.25) is 14.9 Å². The first-order chi connectivity index (χ1) is 22.3. The van der Waals surface area contributed by atoms with Gasteiger partial charge in [0.1, 0.15) is 12.1 Å². The van der Waals surface area contributed by atoms with Gasteiger partial charge in [-0.2, -0.15) is 0 Å². The Kier molecular flexibility index (Phi) is 11.7. The van der Waals surface area contributed by atoms with Crippen molar-refractivity contribution in [3.8, 4) is 0 Å². The van der Waals surface area contributed by atoms with Crippen molar-refractivity contribution in [2.24, 2.45) is 23.7 Å². The van der Waals surface area contributed by atoms with Crippen molar-refractivity contribution >= 4 is 35.9 Å². The maximum absolute atomic E-state index is 12.7. The average molecular weight is 631 g/mol. The standard InChI is InChI=1S/C36H46N4O6/c1-4-37-36(43)40-34-29(23(2)38-22-39-34)16-10-14-27-21-28(19-18-26-13-8-9-15-30(26)35(42)44-24(3)41)33-32(27)45-31(46-33)20-17-25-11-6-5-7-12-25/h5-7,10-12,16-17,20,22,26-28,30-33H,4,8-9,13-15,18-19,21H2,1-3H3,(H2,37,38,39,40,43)/b16-10-,20-17+/t26?,27?,28?,30?,31-,32?,33?/m1/s1. The number of anilines is 1. The quantitative estimate of drug-likeness (QED) is 0.214. The average Bonchev–Trinajstić information content (AvgIpc) is 3.60. The van der Waals surface area contributed by atoms with Crippen molar-refractivity contribution < 1.29 is 28.6 Å². The zero-order valence-electron chi connectivity index (χ0n) is 27.0. The predicted molar refractivity (Wildman–Crippen MR) is 175 cm³/mol. The van der Waals surface area contributed by atoms with E-state index >= 15 is 0 Å². The lowest BCUT2D eigenvalue weighted by Crippen LogP contribution is -2.31. The molecule has 46 heavy (non-hydrogen) atoms. The molecule has 5 rings (SSSR count). The predicted octanol–water partition coefficient (Wildman–Crippen LogP) is 6.47. The molecule has 0 spiro atoms. The van der Waals surface area contributed by atoms with Crippen LogP contribution < -0.4 is 10.6 Å². The van der Waals surface area contributed by atoms with Crippen molar-refractivity contribution in [2.75, 3.05) is 11.9 Å². The van der Waals surface area contributed by atoms with E-state index in [2.05, 4.69) is 26.7 Å². The molecule has 1 aliphatic heterocycles. The normalized spacial score (nSPS) is 27.5. The summed E-state index contributed by atoms with van der Waals surface area (Å²) in [6.07, 6.45) is 16.3. The molecule has 6 unspecified atom stereocenters. The van der Waals surface area contributed by atoms with E-state index in [-0.39, 0.29) is 47.9 Å². The lowest BCUT2D eigenvalue weighted by Gasteiger charge is -2.30. The molecule has 3 fully saturated rings. The number of nitrogens with zero attached hydrogens (tertiary/aromatic N) is 2. The third-order valence-electron chi connectivity index (χ3n) is 9.43. The number of aromatic nitrogens is 2. The van der Waals surface area contributed by atoms with Crippen LogP contribution in [0.2, 0.25) is 0 Å². The second kappa shape index (κ2) is 16.1. The number of fused-ring (bicyclic) bond motifs is 1. The van der Waals surface area contributed by atoms with Gasteiger partial charge in [0.05, 0.1) is 23.8 Å². The molecule has 2 aliphatic carbocycles. The van der Waals surface area contributed by atoms with Gasteiger partial charge in [-0.15, -0.1) is 0 Å². The van der Waals surface area contributed by atoms with Crippen molar-refractivity contribution in [1.82, 2.24) is 15.3 Å². The van der Waals surface area contributed by atoms with Crippen LogP contribution in [-0.4, -0.2) is 53.0 Å². The fourth-order valence-corrected chi connectivity index (χ4v) is 7.23. The van der Waals surface area contributed by atoms with Crippen LogP contribution >= 0.6 is 0 Å². The van der Waals surface area contributed by atoms with E-state index in [4.69, 9.17) is 14.2 Å². The lowest BCUT2D eigenvalue weighted by atomic mass is 9.75. The Labute approximate surface area is 271 Å². The van der Waals surface area contributed by atoms with Gasteiger partial charge in [0.25, 0.3) is 0 Å². The first-order valence-corrected chi connectivity index (χ1v) is 16.6. The first-order valence-electron chi connectivity index (χ1n) is 16.6. The molecule has 1 aromatic carbocycles. The molecule has 2 N–H and O–H groups in total. The number of hydrogen-bond acceptors (Lipinski definition) is 8. The summed E-state index contributed by atoms with van der Waals surface area (Å²) in [5.74, 6) is 0.0310. The van der Waals surface area contributed by atoms with Crippen LogP contribution in [0.15, 0.2) is 48.8 Å². The van der Waals surface area contributed by atoms with Crippen LogP contribution in [0.3, 0.4) is 0 Å². The van der Waals surface area contributed by atoms with Crippen LogP contribution in [0.4, 0.5) is 10.6 Å². The fraction of sp³-hybridized carbons (Fsp3) is 0.528. The summed E-state index contributed by atoms with van der Waals surface area (Å²) < 4.78 is 18.1. The molecule has 0 radical (unpaired) electrons. The van der Waals surface area contributed by atoms with E-state index in [9.17, 15) is 14.4 Å².